The van der Waals surface area contributed by atoms with Crippen LogP contribution in [0.5, 0.6) is 0 Å². The average molecular weight is 122 g/mol. The lowest BCUT2D eigenvalue weighted by Gasteiger charge is -1.90. The van der Waals surface area contributed by atoms with E-state index in [1.54, 1.807) is 0 Å². The summed E-state index contributed by atoms with van der Waals surface area (Å²) in [5.41, 5.74) is 0. The van der Waals surface area contributed by atoms with Crippen LogP contribution in [-0.4, -0.2) is 6.61 Å². The van der Waals surface area contributed by atoms with E-state index in [4.69, 9.17) is 4.74 Å². The highest BCUT2D eigenvalue weighted by Crippen LogP contribution is 2.06. The minimum Gasteiger partial charge on any atom is -0.485 e. The van der Waals surface area contributed by atoms with Crippen LogP contribution < -0.4 is 0 Å². The third-order valence-corrected chi connectivity index (χ3v) is 1.09. The molecule has 0 unspecified atom stereocenters. The minimum absolute atomic E-state index is 0.813. The lowest BCUT2D eigenvalue weighted by atomic mass is 10.4. The van der Waals surface area contributed by atoms with Crippen molar-refractivity contribution in [2.45, 2.75) is 19.8 Å². The van der Waals surface area contributed by atoms with Crippen LogP contribution in [0, 0.1) is 11.8 Å². The Morgan fingerprint density at radius 2 is 2.67 bits per heavy atom. The predicted octanol–water partition coefficient (Wildman–Crippen LogP) is 1.70. The van der Waals surface area contributed by atoms with Gasteiger partial charge in [-0.2, -0.15) is 0 Å². The fourth-order valence-electron chi connectivity index (χ4n) is 0.680. The Kier molecular flexibility index (Phi) is 2.21. The van der Waals surface area contributed by atoms with Crippen LogP contribution in [-0.2, 0) is 4.74 Å². The van der Waals surface area contributed by atoms with E-state index in [1.165, 1.54) is 0 Å². The van der Waals surface area contributed by atoms with Crippen molar-refractivity contribution in [3.05, 3.63) is 11.8 Å². The Labute approximate surface area is 55.7 Å². The predicted molar refractivity (Wildman–Crippen MR) is 36.7 cm³/mol. The molecule has 1 nitrogen and oxygen atoms in total. The fraction of sp³-hybridized carbons (Fsp3) is 0.500. The van der Waals surface area contributed by atoms with E-state index in [-0.39, 0.29) is 0 Å². The molecule has 0 radical (unpaired) electrons. The molecule has 1 rings (SSSR count). The summed E-state index contributed by atoms with van der Waals surface area (Å²) in [4.78, 5) is 0. The molecule has 1 aliphatic heterocycles. The van der Waals surface area contributed by atoms with E-state index in [0.29, 0.717) is 0 Å². The van der Waals surface area contributed by atoms with Gasteiger partial charge in [-0.05, 0) is 12.0 Å². The topological polar surface area (TPSA) is 9.23 Å². The molecule has 0 amide bonds. The zero-order valence-corrected chi connectivity index (χ0v) is 5.61. The molecule has 0 saturated carbocycles. The lowest BCUT2D eigenvalue weighted by Crippen LogP contribution is -1.79. The molecular weight excluding hydrogens is 112 g/mol. The molecule has 0 aromatic rings. The molecule has 1 heteroatoms. The van der Waals surface area contributed by atoms with Gasteiger partial charge in [0.2, 0.25) is 0 Å². The van der Waals surface area contributed by atoms with Gasteiger partial charge in [-0.3, -0.25) is 0 Å². The van der Waals surface area contributed by atoms with E-state index in [2.05, 4.69) is 11.8 Å². The molecule has 48 valence electrons. The largest absolute Gasteiger partial charge is 0.485 e. The van der Waals surface area contributed by atoms with Gasteiger partial charge in [-0.1, -0.05) is 12.8 Å². The van der Waals surface area contributed by atoms with Gasteiger partial charge in [-0.25, -0.2) is 0 Å². The second kappa shape index (κ2) is 3.19. The normalized spacial score (nSPS) is 15.4. The maximum atomic E-state index is 5.14. The molecule has 1 aliphatic rings. The van der Waals surface area contributed by atoms with Crippen LogP contribution in [0.25, 0.3) is 0 Å². The van der Waals surface area contributed by atoms with E-state index >= 15 is 0 Å². The summed E-state index contributed by atoms with van der Waals surface area (Å²) in [6.45, 7) is 2.84. The zero-order valence-electron chi connectivity index (χ0n) is 5.61. The van der Waals surface area contributed by atoms with Crippen molar-refractivity contribution in [2.75, 3.05) is 6.61 Å². The molecule has 9 heavy (non-hydrogen) atoms. The third-order valence-electron chi connectivity index (χ3n) is 1.09. The molecule has 0 saturated heterocycles. The Hall–Kier alpha value is -0.900. The molecular formula is C8H10O. The second-order valence-corrected chi connectivity index (χ2v) is 1.86. The van der Waals surface area contributed by atoms with Crippen molar-refractivity contribution in [1.29, 1.82) is 0 Å². The van der Waals surface area contributed by atoms with Gasteiger partial charge in [0.1, 0.15) is 0 Å². The van der Waals surface area contributed by atoms with E-state index < -0.39 is 0 Å². The Morgan fingerprint density at radius 1 is 1.78 bits per heavy atom. The number of allylic oxidation sites excluding steroid dienone is 1. The third kappa shape index (κ3) is 1.81. The van der Waals surface area contributed by atoms with Crippen LogP contribution in [0.15, 0.2) is 11.8 Å². The first-order valence-corrected chi connectivity index (χ1v) is 3.25. The van der Waals surface area contributed by atoms with Crippen molar-refractivity contribution in [3.63, 3.8) is 0 Å². The van der Waals surface area contributed by atoms with Gasteiger partial charge in [0.15, 0.2) is 5.76 Å². The first-order valence-electron chi connectivity index (χ1n) is 3.25. The van der Waals surface area contributed by atoms with Crippen LogP contribution in [0.4, 0.5) is 0 Å². The quantitative estimate of drug-likeness (QED) is 0.444. The van der Waals surface area contributed by atoms with Crippen LogP contribution >= 0.6 is 0 Å². The summed E-state index contributed by atoms with van der Waals surface area (Å²) in [6.07, 6.45) is 3.96. The zero-order chi connectivity index (χ0) is 6.53. The smallest absolute Gasteiger partial charge is 0.166 e. The highest BCUT2D eigenvalue weighted by Gasteiger charge is 1.98. The molecule has 0 aliphatic carbocycles. The molecule has 0 bridgehead atoms. The number of hydrogen-bond acceptors (Lipinski definition) is 1. The molecule has 0 fully saturated rings. The van der Waals surface area contributed by atoms with Gasteiger partial charge < -0.3 is 4.74 Å². The second-order valence-electron chi connectivity index (χ2n) is 1.86. The van der Waals surface area contributed by atoms with Crippen molar-refractivity contribution in [3.8, 4) is 11.8 Å². The first-order chi connectivity index (χ1) is 4.43. The monoisotopic (exact) mass is 122 g/mol. The van der Waals surface area contributed by atoms with Gasteiger partial charge in [0.25, 0.3) is 0 Å². The highest BCUT2D eigenvalue weighted by molar-refractivity contribution is 5.24. The standard InChI is InChI=1S/C8H10O/c1-2-3-5-8-6-4-7-9-8/h6H,2,4,7H2,1H3. The number of hydrogen-bond donors (Lipinski definition) is 0. The van der Waals surface area contributed by atoms with Crippen LogP contribution in [0.2, 0.25) is 0 Å². The van der Waals surface area contributed by atoms with Gasteiger partial charge >= 0.3 is 0 Å². The number of ether oxygens (including phenoxy) is 1. The van der Waals surface area contributed by atoms with E-state index in [1.807, 2.05) is 13.0 Å². The van der Waals surface area contributed by atoms with Crippen LogP contribution in [0.1, 0.15) is 19.8 Å². The summed E-state index contributed by atoms with van der Waals surface area (Å²) < 4.78 is 5.14. The minimum atomic E-state index is 0.813. The molecule has 0 aromatic heterocycles. The molecule has 0 atom stereocenters. The molecule has 0 N–H and O–H groups in total. The SMILES string of the molecule is CCC#CC1=CCCO1. The lowest BCUT2D eigenvalue weighted by molar-refractivity contribution is 0.260. The fourth-order valence-corrected chi connectivity index (χ4v) is 0.680. The number of rotatable bonds is 0. The van der Waals surface area contributed by atoms with Gasteiger partial charge in [0.05, 0.1) is 6.61 Å². The van der Waals surface area contributed by atoms with Crippen molar-refractivity contribution in [2.24, 2.45) is 0 Å². The van der Waals surface area contributed by atoms with Gasteiger partial charge in [-0.15, -0.1) is 0 Å². The first kappa shape index (κ1) is 6.22. The molecule has 0 aromatic carbocycles. The van der Waals surface area contributed by atoms with Crippen molar-refractivity contribution in [1.82, 2.24) is 0 Å². The van der Waals surface area contributed by atoms with Gasteiger partial charge in [0, 0.05) is 12.8 Å². The van der Waals surface area contributed by atoms with Crippen molar-refractivity contribution >= 4 is 0 Å². The van der Waals surface area contributed by atoms with E-state index in [0.717, 1.165) is 25.2 Å². The summed E-state index contributed by atoms with van der Waals surface area (Å²) >= 11 is 0. The average Bonchev–Trinajstić information content (AvgIpc) is 2.34. The Morgan fingerprint density at radius 3 is 3.22 bits per heavy atom. The Balaban J connectivity index is 2.43. The summed E-state index contributed by atoms with van der Waals surface area (Å²) in [7, 11) is 0. The summed E-state index contributed by atoms with van der Waals surface area (Å²) in [5, 5.41) is 0. The maximum Gasteiger partial charge on any atom is 0.166 e. The highest BCUT2D eigenvalue weighted by atomic mass is 16.5. The maximum absolute atomic E-state index is 5.14. The summed E-state index contributed by atoms with van der Waals surface area (Å²) in [5.74, 6) is 6.73. The molecule has 0 spiro atoms. The Bertz CT molecular complexity index is 169. The van der Waals surface area contributed by atoms with Crippen LogP contribution in [0.3, 0.4) is 0 Å². The van der Waals surface area contributed by atoms with Crippen molar-refractivity contribution < 1.29 is 4.74 Å². The van der Waals surface area contributed by atoms with E-state index in [9.17, 15) is 0 Å². The molecule has 1 heterocycles. The summed E-state index contributed by atoms with van der Waals surface area (Å²) in [6, 6.07) is 0.